The average Bonchev–Trinajstić information content (AvgIpc) is 2.46. The molecular formula is C9H15N. The fourth-order valence-electron chi connectivity index (χ4n) is 2.25. The van der Waals surface area contributed by atoms with Gasteiger partial charge in [-0.1, -0.05) is 11.6 Å². The first kappa shape index (κ1) is 6.41. The first-order valence-electron chi connectivity index (χ1n) is 4.17. The summed E-state index contributed by atoms with van der Waals surface area (Å²) in [4.78, 5) is 0. The Morgan fingerprint density at radius 1 is 1.60 bits per heavy atom. The first-order chi connectivity index (χ1) is 4.81. The average molecular weight is 137 g/mol. The second-order valence-corrected chi connectivity index (χ2v) is 3.86. The van der Waals surface area contributed by atoms with Gasteiger partial charge in [0.2, 0.25) is 0 Å². The van der Waals surface area contributed by atoms with Crippen molar-refractivity contribution in [1.29, 1.82) is 0 Å². The molecule has 0 aromatic heterocycles. The minimum Gasteiger partial charge on any atom is -0.316 e. The van der Waals surface area contributed by atoms with E-state index in [1.165, 1.54) is 32.4 Å². The zero-order chi connectivity index (χ0) is 7.03. The van der Waals surface area contributed by atoms with Crippen LogP contribution in [0.4, 0.5) is 0 Å². The molecule has 0 radical (unpaired) electrons. The Bertz CT molecular complexity index is 164. The standard InChI is InChI=1S/C9H15N/c1-8-2-3-9(6-8)4-5-10-7-9/h2,10H,3-7H2,1H3. The van der Waals surface area contributed by atoms with Gasteiger partial charge < -0.3 is 5.32 Å². The highest BCUT2D eigenvalue weighted by atomic mass is 14.9. The Labute approximate surface area is 62.5 Å². The third-order valence-electron chi connectivity index (χ3n) is 2.87. The molecule has 0 aromatic rings. The third-order valence-corrected chi connectivity index (χ3v) is 2.87. The molecule has 2 aliphatic rings. The molecule has 1 fully saturated rings. The largest absolute Gasteiger partial charge is 0.316 e. The summed E-state index contributed by atoms with van der Waals surface area (Å²) in [6.45, 7) is 4.75. The number of hydrogen-bond donors (Lipinski definition) is 1. The zero-order valence-corrected chi connectivity index (χ0v) is 6.61. The van der Waals surface area contributed by atoms with Gasteiger partial charge in [0.15, 0.2) is 0 Å². The molecule has 1 atom stereocenters. The van der Waals surface area contributed by atoms with Crippen molar-refractivity contribution in [3.8, 4) is 0 Å². The molecule has 1 heterocycles. The van der Waals surface area contributed by atoms with Crippen molar-refractivity contribution in [1.82, 2.24) is 5.32 Å². The van der Waals surface area contributed by atoms with Gasteiger partial charge in [-0.2, -0.15) is 0 Å². The van der Waals surface area contributed by atoms with Crippen LogP contribution in [0.3, 0.4) is 0 Å². The van der Waals surface area contributed by atoms with Gasteiger partial charge in [0, 0.05) is 6.54 Å². The minimum absolute atomic E-state index is 0.657. The molecule has 56 valence electrons. The van der Waals surface area contributed by atoms with Gasteiger partial charge in [0.05, 0.1) is 0 Å². The van der Waals surface area contributed by atoms with Crippen LogP contribution in [0.2, 0.25) is 0 Å². The third kappa shape index (κ3) is 0.891. The van der Waals surface area contributed by atoms with Gasteiger partial charge in [-0.3, -0.25) is 0 Å². The van der Waals surface area contributed by atoms with Crippen LogP contribution in [0.25, 0.3) is 0 Å². The second-order valence-electron chi connectivity index (χ2n) is 3.86. The van der Waals surface area contributed by atoms with Crippen molar-refractivity contribution < 1.29 is 0 Å². The van der Waals surface area contributed by atoms with Crippen molar-refractivity contribution in [3.05, 3.63) is 11.6 Å². The van der Waals surface area contributed by atoms with E-state index in [9.17, 15) is 0 Å². The van der Waals surface area contributed by atoms with E-state index in [0.717, 1.165) is 0 Å². The summed E-state index contributed by atoms with van der Waals surface area (Å²) in [5.41, 5.74) is 2.26. The Balaban J connectivity index is 2.07. The first-order valence-corrected chi connectivity index (χ1v) is 4.17. The summed E-state index contributed by atoms with van der Waals surface area (Å²) in [5.74, 6) is 0. The molecule has 1 spiro atoms. The van der Waals surface area contributed by atoms with Crippen LogP contribution in [0.5, 0.6) is 0 Å². The maximum absolute atomic E-state index is 3.44. The Morgan fingerprint density at radius 2 is 2.50 bits per heavy atom. The van der Waals surface area contributed by atoms with Crippen LogP contribution in [0.1, 0.15) is 26.2 Å². The van der Waals surface area contributed by atoms with Crippen LogP contribution >= 0.6 is 0 Å². The van der Waals surface area contributed by atoms with E-state index in [1.807, 2.05) is 0 Å². The van der Waals surface area contributed by atoms with E-state index in [4.69, 9.17) is 0 Å². The minimum atomic E-state index is 0.657. The summed E-state index contributed by atoms with van der Waals surface area (Å²) in [6.07, 6.45) is 6.47. The van der Waals surface area contributed by atoms with E-state index in [-0.39, 0.29) is 0 Å². The Morgan fingerprint density at radius 3 is 3.00 bits per heavy atom. The fraction of sp³-hybridized carbons (Fsp3) is 0.778. The highest BCUT2D eigenvalue weighted by Gasteiger charge is 2.35. The smallest absolute Gasteiger partial charge is 0.00143 e. The second kappa shape index (κ2) is 2.09. The van der Waals surface area contributed by atoms with E-state index < -0.39 is 0 Å². The predicted molar refractivity (Wildman–Crippen MR) is 42.9 cm³/mol. The van der Waals surface area contributed by atoms with Gasteiger partial charge in [0.1, 0.15) is 0 Å². The van der Waals surface area contributed by atoms with E-state index in [0.29, 0.717) is 5.41 Å². The van der Waals surface area contributed by atoms with Crippen molar-refractivity contribution in [3.63, 3.8) is 0 Å². The lowest BCUT2D eigenvalue weighted by atomic mass is 9.84. The molecule has 0 bridgehead atoms. The van der Waals surface area contributed by atoms with Crippen LogP contribution in [0.15, 0.2) is 11.6 Å². The number of nitrogens with one attached hydrogen (secondary N) is 1. The summed E-state index contributed by atoms with van der Waals surface area (Å²) < 4.78 is 0. The summed E-state index contributed by atoms with van der Waals surface area (Å²) in [7, 11) is 0. The van der Waals surface area contributed by atoms with Gasteiger partial charge in [0.25, 0.3) is 0 Å². The Kier molecular flexibility index (Phi) is 1.34. The van der Waals surface area contributed by atoms with Crippen LogP contribution in [-0.2, 0) is 0 Å². The van der Waals surface area contributed by atoms with Gasteiger partial charge >= 0.3 is 0 Å². The highest BCUT2D eigenvalue weighted by Crippen LogP contribution is 2.41. The number of rotatable bonds is 0. The van der Waals surface area contributed by atoms with E-state index >= 15 is 0 Å². The SMILES string of the molecule is CC1=CCC2(CCNC2)C1. The van der Waals surface area contributed by atoms with Crippen LogP contribution in [0, 0.1) is 5.41 Å². The number of allylic oxidation sites excluding steroid dienone is 2. The molecule has 10 heavy (non-hydrogen) atoms. The highest BCUT2D eigenvalue weighted by molar-refractivity contribution is 5.14. The zero-order valence-electron chi connectivity index (χ0n) is 6.61. The molecule has 1 N–H and O–H groups in total. The normalized spacial score (nSPS) is 39.1. The number of hydrogen-bond acceptors (Lipinski definition) is 1. The monoisotopic (exact) mass is 137 g/mol. The van der Waals surface area contributed by atoms with Crippen molar-refractivity contribution in [2.45, 2.75) is 26.2 Å². The summed E-state index contributed by atoms with van der Waals surface area (Å²) in [6, 6.07) is 0. The molecule has 1 heteroatoms. The van der Waals surface area contributed by atoms with Gasteiger partial charge in [-0.05, 0) is 38.1 Å². The lowest BCUT2D eigenvalue weighted by Crippen LogP contribution is -2.20. The molecule has 1 aliphatic heterocycles. The molecule has 1 saturated heterocycles. The summed E-state index contributed by atoms with van der Waals surface area (Å²) in [5, 5.41) is 3.44. The van der Waals surface area contributed by atoms with Crippen LogP contribution < -0.4 is 5.32 Å². The quantitative estimate of drug-likeness (QED) is 0.501. The van der Waals surface area contributed by atoms with E-state index in [2.05, 4.69) is 18.3 Å². The molecule has 0 aromatic carbocycles. The molecule has 2 rings (SSSR count). The van der Waals surface area contributed by atoms with Crippen LogP contribution in [-0.4, -0.2) is 13.1 Å². The molecule has 1 aliphatic carbocycles. The Hall–Kier alpha value is -0.300. The topological polar surface area (TPSA) is 12.0 Å². The van der Waals surface area contributed by atoms with Gasteiger partial charge in [-0.25, -0.2) is 0 Å². The molecular weight excluding hydrogens is 122 g/mol. The van der Waals surface area contributed by atoms with Crippen molar-refractivity contribution in [2.24, 2.45) is 5.41 Å². The van der Waals surface area contributed by atoms with E-state index in [1.54, 1.807) is 5.57 Å². The van der Waals surface area contributed by atoms with Crippen molar-refractivity contribution in [2.75, 3.05) is 13.1 Å². The molecule has 1 unspecified atom stereocenters. The van der Waals surface area contributed by atoms with Crippen molar-refractivity contribution >= 4 is 0 Å². The maximum Gasteiger partial charge on any atom is 0.00143 e. The lowest BCUT2D eigenvalue weighted by molar-refractivity contribution is 0.347. The molecule has 1 nitrogen and oxygen atoms in total. The fourth-order valence-corrected chi connectivity index (χ4v) is 2.25. The summed E-state index contributed by atoms with van der Waals surface area (Å²) >= 11 is 0. The molecule has 0 amide bonds. The predicted octanol–water partition coefficient (Wildman–Crippen LogP) is 1.71. The van der Waals surface area contributed by atoms with Gasteiger partial charge in [-0.15, -0.1) is 0 Å². The lowest BCUT2D eigenvalue weighted by Gasteiger charge is -2.20. The maximum atomic E-state index is 3.44. The molecule has 0 saturated carbocycles.